The van der Waals surface area contributed by atoms with Crippen molar-refractivity contribution in [1.29, 1.82) is 0 Å². The maximum absolute atomic E-state index is 4.44. The molecule has 1 heterocycles. The Morgan fingerprint density at radius 1 is 1.05 bits per heavy atom. The minimum Gasteiger partial charge on any atom is -0.370 e. The summed E-state index contributed by atoms with van der Waals surface area (Å²) in [4.78, 5) is 8.80. The molecule has 0 atom stereocenters. The van der Waals surface area contributed by atoms with Crippen molar-refractivity contribution in [2.24, 2.45) is 0 Å². The van der Waals surface area contributed by atoms with Crippen LogP contribution in [-0.4, -0.2) is 22.1 Å². The van der Waals surface area contributed by atoms with Crippen LogP contribution in [0.1, 0.15) is 59.4 Å². The zero-order chi connectivity index (χ0) is 14.3. The summed E-state index contributed by atoms with van der Waals surface area (Å²) >= 11 is 0. The van der Waals surface area contributed by atoms with E-state index in [2.05, 4.69) is 55.2 Å². The molecule has 1 aromatic heterocycles. The van der Waals surface area contributed by atoms with Gasteiger partial charge in [-0.05, 0) is 32.6 Å². The van der Waals surface area contributed by atoms with Gasteiger partial charge < -0.3 is 10.6 Å². The first-order chi connectivity index (χ1) is 9.10. The Bertz CT molecular complexity index is 386. The van der Waals surface area contributed by atoms with Gasteiger partial charge in [-0.1, -0.05) is 27.7 Å². The average molecular weight is 264 g/mol. The van der Waals surface area contributed by atoms with Crippen LogP contribution >= 0.6 is 0 Å². The summed E-state index contributed by atoms with van der Waals surface area (Å²) in [6.07, 6.45) is 5.82. The molecule has 0 bridgehead atoms. The average Bonchev–Trinajstić information content (AvgIpc) is 2.45. The summed E-state index contributed by atoms with van der Waals surface area (Å²) in [5.74, 6) is 1.94. The molecular weight excluding hydrogens is 236 g/mol. The van der Waals surface area contributed by atoms with Crippen molar-refractivity contribution < 1.29 is 0 Å². The van der Waals surface area contributed by atoms with Crippen molar-refractivity contribution in [1.82, 2.24) is 9.97 Å². The summed E-state index contributed by atoms with van der Waals surface area (Å²) in [7, 11) is 0. The first kappa shape index (κ1) is 15.7. The second-order valence-corrected chi connectivity index (χ2v) is 5.22. The van der Waals surface area contributed by atoms with Gasteiger partial charge in [0.05, 0.1) is 0 Å². The third-order valence-electron chi connectivity index (χ3n) is 3.82. The molecule has 0 aliphatic heterocycles. The van der Waals surface area contributed by atoms with Gasteiger partial charge >= 0.3 is 0 Å². The van der Waals surface area contributed by atoms with Crippen molar-refractivity contribution >= 4 is 11.6 Å². The Hall–Kier alpha value is -1.32. The summed E-state index contributed by atoms with van der Waals surface area (Å²) < 4.78 is 0. The molecule has 0 unspecified atom stereocenters. The highest BCUT2D eigenvalue weighted by molar-refractivity contribution is 5.58. The Morgan fingerprint density at radius 2 is 1.68 bits per heavy atom. The Labute approximate surface area is 117 Å². The first-order valence-electron chi connectivity index (χ1n) is 7.46. The predicted molar refractivity (Wildman–Crippen MR) is 82.8 cm³/mol. The van der Waals surface area contributed by atoms with Gasteiger partial charge in [0, 0.05) is 17.6 Å². The lowest BCUT2D eigenvalue weighted by Gasteiger charge is -2.30. The lowest BCUT2D eigenvalue weighted by molar-refractivity contribution is 0.476. The second kappa shape index (κ2) is 7.31. The van der Waals surface area contributed by atoms with Gasteiger partial charge in [0.25, 0.3) is 0 Å². The zero-order valence-corrected chi connectivity index (χ0v) is 13.0. The molecule has 2 N–H and O–H groups in total. The summed E-state index contributed by atoms with van der Waals surface area (Å²) in [5.41, 5.74) is 1.28. The zero-order valence-electron chi connectivity index (χ0n) is 13.0. The fourth-order valence-corrected chi connectivity index (χ4v) is 1.96. The molecule has 0 amide bonds. The lowest BCUT2D eigenvalue weighted by atomic mass is 9.95. The van der Waals surface area contributed by atoms with E-state index in [1.165, 1.54) is 5.56 Å². The number of rotatable bonds is 8. The SMILES string of the molecule is CCCNc1ncnc(NC(C)(CC)CC)c1CC. The molecule has 108 valence electrons. The summed E-state index contributed by atoms with van der Waals surface area (Å²) in [6, 6.07) is 0. The van der Waals surface area contributed by atoms with Crippen LogP contribution in [0.2, 0.25) is 0 Å². The molecular formula is C15H28N4. The van der Waals surface area contributed by atoms with Gasteiger partial charge in [-0.15, -0.1) is 0 Å². The molecule has 4 nitrogen and oxygen atoms in total. The van der Waals surface area contributed by atoms with Crippen LogP contribution in [-0.2, 0) is 6.42 Å². The number of aromatic nitrogens is 2. The van der Waals surface area contributed by atoms with Gasteiger partial charge in [0.2, 0.25) is 0 Å². The normalized spacial score (nSPS) is 11.4. The number of anilines is 2. The molecule has 0 radical (unpaired) electrons. The van der Waals surface area contributed by atoms with Crippen molar-refractivity contribution in [2.45, 2.75) is 65.8 Å². The van der Waals surface area contributed by atoms with Crippen LogP contribution in [0.4, 0.5) is 11.6 Å². The predicted octanol–water partition coefficient (Wildman–Crippen LogP) is 3.85. The Morgan fingerprint density at radius 3 is 2.21 bits per heavy atom. The van der Waals surface area contributed by atoms with Crippen molar-refractivity contribution in [3.05, 3.63) is 11.9 Å². The number of hydrogen-bond donors (Lipinski definition) is 2. The lowest BCUT2D eigenvalue weighted by Crippen LogP contribution is -2.34. The van der Waals surface area contributed by atoms with Crippen LogP contribution in [0.25, 0.3) is 0 Å². The van der Waals surface area contributed by atoms with Gasteiger partial charge in [0.15, 0.2) is 0 Å². The van der Waals surface area contributed by atoms with E-state index in [4.69, 9.17) is 0 Å². The minimum atomic E-state index is 0.0975. The van der Waals surface area contributed by atoms with Crippen LogP contribution < -0.4 is 10.6 Å². The van der Waals surface area contributed by atoms with Crippen LogP contribution in [0.5, 0.6) is 0 Å². The number of nitrogens with zero attached hydrogens (tertiary/aromatic N) is 2. The maximum atomic E-state index is 4.44. The van der Waals surface area contributed by atoms with Crippen LogP contribution in [0.3, 0.4) is 0 Å². The van der Waals surface area contributed by atoms with Gasteiger partial charge in [0.1, 0.15) is 18.0 Å². The highest BCUT2D eigenvalue weighted by Gasteiger charge is 2.21. The Balaban J connectivity index is 3.00. The van der Waals surface area contributed by atoms with Crippen molar-refractivity contribution in [3.63, 3.8) is 0 Å². The third kappa shape index (κ3) is 4.08. The summed E-state index contributed by atoms with van der Waals surface area (Å²) in [6.45, 7) is 11.9. The van der Waals surface area contributed by atoms with Gasteiger partial charge in [-0.3, -0.25) is 0 Å². The van der Waals surface area contributed by atoms with E-state index in [0.717, 1.165) is 43.9 Å². The number of hydrogen-bond acceptors (Lipinski definition) is 4. The van der Waals surface area contributed by atoms with E-state index < -0.39 is 0 Å². The highest BCUT2D eigenvalue weighted by atomic mass is 15.1. The van der Waals surface area contributed by atoms with Crippen LogP contribution in [0, 0.1) is 0 Å². The topological polar surface area (TPSA) is 49.8 Å². The molecule has 0 aliphatic carbocycles. The molecule has 0 aliphatic rings. The van der Waals surface area contributed by atoms with E-state index in [1.54, 1.807) is 6.33 Å². The highest BCUT2D eigenvalue weighted by Crippen LogP contribution is 2.26. The fraction of sp³-hybridized carbons (Fsp3) is 0.733. The van der Waals surface area contributed by atoms with E-state index in [-0.39, 0.29) is 5.54 Å². The first-order valence-corrected chi connectivity index (χ1v) is 7.46. The molecule has 0 spiro atoms. The monoisotopic (exact) mass is 264 g/mol. The molecule has 1 aromatic rings. The van der Waals surface area contributed by atoms with E-state index >= 15 is 0 Å². The van der Waals surface area contributed by atoms with Crippen LogP contribution in [0.15, 0.2) is 6.33 Å². The second-order valence-electron chi connectivity index (χ2n) is 5.22. The molecule has 0 fully saturated rings. The summed E-state index contributed by atoms with van der Waals surface area (Å²) in [5, 5.41) is 6.98. The Kier molecular flexibility index (Phi) is 6.06. The molecule has 1 rings (SSSR count). The van der Waals surface area contributed by atoms with E-state index in [1.807, 2.05) is 0 Å². The van der Waals surface area contributed by atoms with Crippen molar-refractivity contribution in [2.75, 3.05) is 17.2 Å². The fourth-order valence-electron chi connectivity index (χ4n) is 1.96. The maximum Gasteiger partial charge on any atom is 0.135 e. The minimum absolute atomic E-state index is 0.0975. The molecule has 0 aromatic carbocycles. The van der Waals surface area contributed by atoms with Crippen molar-refractivity contribution in [3.8, 4) is 0 Å². The largest absolute Gasteiger partial charge is 0.370 e. The quantitative estimate of drug-likeness (QED) is 0.748. The molecule has 0 saturated carbocycles. The van der Waals surface area contributed by atoms with Gasteiger partial charge in [-0.2, -0.15) is 0 Å². The van der Waals surface area contributed by atoms with E-state index in [9.17, 15) is 0 Å². The number of nitrogens with one attached hydrogen (secondary N) is 2. The third-order valence-corrected chi connectivity index (χ3v) is 3.82. The standard InChI is InChI=1S/C15H28N4/c1-6-10-16-13-12(7-2)14(18-11-17-13)19-15(5,8-3)9-4/h11H,6-10H2,1-5H3,(H2,16,17,18,19). The smallest absolute Gasteiger partial charge is 0.135 e. The molecule has 0 saturated heterocycles. The molecule has 19 heavy (non-hydrogen) atoms. The van der Waals surface area contributed by atoms with E-state index in [0.29, 0.717) is 0 Å². The molecule has 4 heteroatoms. The van der Waals surface area contributed by atoms with Gasteiger partial charge in [-0.25, -0.2) is 9.97 Å².